The van der Waals surface area contributed by atoms with Crippen molar-refractivity contribution in [2.45, 2.75) is 87.5 Å². The van der Waals surface area contributed by atoms with Crippen molar-refractivity contribution in [3.8, 4) is 22.3 Å². The summed E-state index contributed by atoms with van der Waals surface area (Å²) >= 11 is 0. The number of hydrogen-bond acceptors (Lipinski definition) is 2. The van der Waals surface area contributed by atoms with Crippen LogP contribution in [-0.4, -0.2) is 0 Å². The molecule has 0 amide bonds. The van der Waals surface area contributed by atoms with Crippen molar-refractivity contribution in [1.29, 1.82) is 0 Å². The van der Waals surface area contributed by atoms with Gasteiger partial charge in [-0.25, -0.2) is 0 Å². The van der Waals surface area contributed by atoms with Gasteiger partial charge in [-0.2, -0.15) is 0 Å². The van der Waals surface area contributed by atoms with E-state index in [1.807, 2.05) is 0 Å². The molecule has 0 N–H and O–H groups in total. The van der Waals surface area contributed by atoms with Gasteiger partial charge in [-0.15, -0.1) is 0 Å². The first-order valence-electron chi connectivity index (χ1n) is 24.3. The lowest BCUT2D eigenvalue weighted by Gasteiger charge is -2.37. The van der Waals surface area contributed by atoms with Crippen LogP contribution >= 0.6 is 0 Å². The van der Waals surface area contributed by atoms with Crippen LogP contribution in [-0.2, 0) is 6.42 Å². The summed E-state index contributed by atoms with van der Waals surface area (Å²) in [5.41, 5.74) is 25.6. The number of benzene rings is 10. The molecular formula is C65H60N2. The van der Waals surface area contributed by atoms with Crippen molar-refractivity contribution in [2.24, 2.45) is 0 Å². The third-order valence-corrected chi connectivity index (χ3v) is 14.9. The largest absolute Gasteiger partial charge is 0.309 e. The maximum atomic E-state index is 2.65. The molecule has 10 aromatic carbocycles. The highest BCUT2D eigenvalue weighted by Gasteiger charge is 2.32. The molecular weight excluding hydrogens is 809 g/mol. The summed E-state index contributed by atoms with van der Waals surface area (Å²) in [6.45, 7) is 23.2. The van der Waals surface area contributed by atoms with Crippen LogP contribution in [0.1, 0.15) is 95.2 Å². The molecule has 0 fully saturated rings. The Hall–Kier alpha value is -7.16. The van der Waals surface area contributed by atoms with Crippen LogP contribution in [0.15, 0.2) is 158 Å². The minimum Gasteiger partial charge on any atom is -0.309 e. The Kier molecular flexibility index (Phi) is 10.3. The summed E-state index contributed by atoms with van der Waals surface area (Å²) in [7, 11) is 0. The molecule has 0 atom stereocenters. The molecule has 330 valence electrons. The van der Waals surface area contributed by atoms with Gasteiger partial charge in [-0.3, -0.25) is 0 Å². The van der Waals surface area contributed by atoms with Crippen LogP contribution in [0.4, 0.5) is 34.1 Å². The van der Waals surface area contributed by atoms with Crippen molar-refractivity contribution in [2.75, 3.05) is 9.80 Å². The molecule has 0 radical (unpaired) electrons. The van der Waals surface area contributed by atoms with Crippen molar-refractivity contribution in [3.05, 3.63) is 213 Å². The molecule has 1 heterocycles. The van der Waals surface area contributed by atoms with Crippen LogP contribution in [0.5, 0.6) is 0 Å². The van der Waals surface area contributed by atoms with Crippen LogP contribution in [0.25, 0.3) is 54.6 Å². The van der Waals surface area contributed by atoms with Crippen LogP contribution in [0.2, 0.25) is 0 Å². The van der Waals surface area contributed by atoms with Crippen LogP contribution < -0.4 is 9.80 Å². The zero-order valence-electron chi connectivity index (χ0n) is 40.8. The first-order chi connectivity index (χ1) is 32.4. The molecule has 67 heavy (non-hydrogen) atoms. The van der Waals surface area contributed by atoms with Gasteiger partial charge in [0.2, 0.25) is 0 Å². The third-order valence-electron chi connectivity index (χ3n) is 14.9. The molecule has 11 rings (SSSR count). The Bertz CT molecular complexity index is 3560. The summed E-state index contributed by atoms with van der Waals surface area (Å²) in [5.74, 6) is 0.580. The second kappa shape index (κ2) is 16.3. The quantitative estimate of drug-likeness (QED) is 0.140. The van der Waals surface area contributed by atoms with E-state index >= 15 is 0 Å². The Balaban J connectivity index is 1.27. The molecule has 0 aliphatic carbocycles. The van der Waals surface area contributed by atoms with Gasteiger partial charge < -0.3 is 9.80 Å². The summed E-state index contributed by atoms with van der Waals surface area (Å²) in [6, 6.07) is 60.1. The Morgan fingerprint density at radius 2 is 0.970 bits per heavy atom. The van der Waals surface area contributed by atoms with Gasteiger partial charge in [0.15, 0.2) is 0 Å². The number of nitrogens with zero attached hydrogens (tertiary/aromatic N) is 2. The Morgan fingerprint density at radius 1 is 0.433 bits per heavy atom. The maximum absolute atomic E-state index is 2.65. The van der Waals surface area contributed by atoms with Crippen LogP contribution in [0.3, 0.4) is 0 Å². The fraction of sp³-hybridized carbons (Fsp3) is 0.200. The lowest BCUT2D eigenvalue weighted by Crippen LogP contribution is -2.21. The Labute approximate surface area is 397 Å². The van der Waals surface area contributed by atoms with E-state index in [1.54, 1.807) is 0 Å². The second-order valence-corrected chi connectivity index (χ2v) is 20.0. The van der Waals surface area contributed by atoms with E-state index in [9.17, 15) is 0 Å². The Morgan fingerprint density at radius 3 is 1.64 bits per heavy atom. The molecule has 0 spiro atoms. The second-order valence-electron chi connectivity index (χ2n) is 20.0. The molecule has 0 saturated carbocycles. The predicted octanol–water partition coefficient (Wildman–Crippen LogP) is 18.9. The van der Waals surface area contributed by atoms with E-state index < -0.39 is 0 Å². The van der Waals surface area contributed by atoms with E-state index in [0.717, 1.165) is 6.42 Å². The molecule has 0 aromatic heterocycles. The van der Waals surface area contributed by atoms with Gasteiger partial charge in [0.05, 0.1) is 22.7 Å². The highest BCUT2D eigenvalue weighted by molar-refractivity contribution is 6.29. The summed E-state index contributed by atoms with van der Waals surface area (Å²) < 4.78 is 0. The van der Waals surface area contributed by atoms with E-state index in [-0.39, 0.29) is 5.92 Å². The van der Waals surface area contributed by atoms with Gasteiger partial charge in [-0.05, 0) is 177 Å². The molecule has 2 nitrogen and oxygen atoms in total. The molecule has 10 aromatic rings. The predicted molar refractivity (Wildman–Crippen MR) is 290 cm³/mol. The van der Waals surface area contributed by atoms with E-state index in [4.69, 9.17) is 0 Å². The first-order valence-corrected chi connectivity index (χ1v) is 24.3. The van der Waals surface area contributed by atoms with Crippen molar-refractivity contribution < 1.29 is 0 Å². The summed E-state index contributed by atoms with van der Waals surface area (Å²) in [6.07, 6.45) is 0.903. The van der Waals surface area contributed by atoms with Crippen molar-refractivity contribution in [1.82, 2.24) is 0 Å². The van der Waals surface area contributed by atoms with Gasteiger partial charge in [0, 0.05) is 28.6 Å². The fourth-order valence-corrected chi connectivity index (χ4v) is 11.5. The molecule has 0 saturated heterocycles. The molecule has 1 aliphatic heterocycles. The summed E-state index contributed by atoms with van der Waals surface area (Å²) in [4.78, 5) is 5.27. The van der Waals surface area contributed by atoms with E-state index in [2.05, 4.69) is 237 Å². The fourth-order valence-electron chi connectivity index (χ4n) is 11.5. The topological polar surface area (TPSA) is 6.48 Å². The highest BCUT2D eigenvalue weighted by atomic mass is 15.2. The van der Waals surface area contributed by atoms with Gasteiger partial charge in [-0.1, -0.05) is 161 Å². The molecule has 0 bridgehead atoms. The van der Waals surface area contributed by atoms with Gasteiger partial charge in [0.25, 0.3) is 0 Å². The number of anilines is 6. The molecule has 0 unspecified atom stereocenters. The number of hydrogen-bond donors (Lipinski definition) is 0. The van der Waals surface area contributed by atoms with Crippen molar-refractivity contribution >= 4 is 66.4 Å². The highest BCUT2D eigenvalue weighted by Crippen LogP contribution is 2.55. The van der Waals surface area contributed by atoms with E-state index in [1.165, 1.54) is 144 Å². The zero-order valence-corrected chi connectivity index (χ0v) is 40.8. The van der Waals surface area contributed by atoms with Crippen LogP contribution in [0, 0.1) is 41.5 Å². The average Bonchev–Trinajstić information content (AvgIpc) is 3.32. The van der Waals surface area contributed by atoms with Gasteiger partial charge in [0.1, 0.15) is 0 Å². The minimum atomic E-state index is 0.286. The first kappa shape index (κ1) is 42.5. The van der Waals surface area contributed by atoms with Crippen molar-refractivity contribution in [3.63, 3.8) is 0 Å². The molecule has 1 aliphatic rings. The zero-order chi connectivity index (χ0) is 46.4. The normalized spacial score (nSPS) is 12.5. The number of fused-ring (bicyclic) bond motifs is 2. The lowest BCUT2D eigenvalue weighted by molar-refractivity contribution is 0.875. The maximum Gasteiger partial charge on any atom is 0.0543 e. The SMILES string of the molecule is Cc1ccc(C)c(N(c2c(C)ccc(-c3ccccc3)c2C)c2cc(C(C)C)c3ccc4c(N5c6cc(C)ccc6Cc6ccc(-c7ccccc7)c(C)c65)cc(C(C)C)c5ccc2c3c54)c1. The third kappa shape index (κ3) is 6.83. The number of rotatable bonds is 8. The monoisotopic (exact) mass is 868 g/mol. The van der Waals surface area contributed by atoms with E-state index in [0.29, 0.717) is 5.92 Å². The lowest BCUT2D eigenvalue weighted by atomic mass is 9.83. The minimum absolute atomic E-state index is 0.286. The molecule has 2 heteroatoms. The van der Waals surface area contributed by atoms with Gasteiger partial charge >= 0.3 is 0 Å². The average molecular weight is 869 g/mol. The standard InChI is InChI=1S/C65H60N2/c1-38(2)56-36-60(66(58-33-40(5)21-23-42(58)7)64-43(8)24-27-50(44(64)9)46-17-13-11-14-18-46)54-31-29-53-57(39(3)4)37-61(55-32-30-52(56)62(54)63(53)55)67-59-34-41(6)22-25-48(59)35-49-26-28-51(45(10)65(49)67)47-19-15-12-16-20-47/h11-34,36-39H,35H2,1-10H3. The smallest absolute Gasteiger partial charge is 0.0543 e. The number of aryl methyl sites for hydroxylation is 4. The summed E-state index contributed by atoms with van der Waals surface area (Å²) in [5, 5.41) is 7.93.